The zero-order valence-corrected chi connectivity index (χ0v) is 32.7. The predicted molar refractivity (Wildman–Crippen MR) is 214 cm³/mol. The van der Waals surface area contributed by atoms with Crippen molar-refractivity contribution in [3.05, 3.63) is 107 Å². The molecule has 0 bridgehead atoms. The van der Waals surface area contributed by atoms with Gasteiger partial charge in [0.05, 0.1) is 11.3 Å². The van der Waals surface area contributed by atoms with Crippen LogP contribution in [0, 0.1) is 17.0 Å². The van der Waals surface area contributed by atoms with Crippen LogP contribution in [0.2, 0.25) is 0 Å². The second-order valence-electron chi connectivity index (χ2n) is 16.3. The van der Waals surface area contributed by atoms with Crippen molar-refractivity contribution in [1.29, 1.82) is 0 Å². The van der Waals surface area contributed by atoms with Crippen molar-refractivity contribution in [1.82, 2.24) is 24.5 Å². The highest BCUT2D eigenvalue weighted by molar-refractivity contribution is 7.90. The van der Waals surface area contributed by atoms with E-state index in [2.05, 4.69) is 25.1 Å². The first-order valence-corrected chi connectivity index (χ1v) is 21.0. The molecule has 2 atom stereocenters. The van der Waals surface area contributed by atoms with Gasteiger partial charge in [-0.2, -0.15) is 12.7 Å². The molecule has 3 N–H and O–H groups in total. The molecule has 3 aromatic carbocycles. The van der Waals surface area contributed by atoms with Gasteiger partial charge in [-0.05, 0) is 72.5 Å². The molecule has 4 saturated heterocycles. The Balaban J connectivity index is 0.790. The second-order valence-corrected chi connectivity index (χ2v) is 18.0. The first-order chi connectivity index (χ1) is 28.8. The molecule has 5 aliphatic rings. The van der Waals surface area contributed by atoms with Crippen LogP contribution in [0.5, 0.6) is 0 Å². The molecule has 60 heavy (non-hydrogen) atoms. The minimum Gasteiger partial charge on any atom is -0.370 e. The quantitative estimate of drug-likeness (QED) is 0.143. The highest BCUT2D eigenvalue weighted by Gasteiger charge is 2.52. The Morgan fingerprint density at radius 3 is 2.35 bits per heavy atom. The Morgan fingerprint density at radius 1 is 0.900 bits per heavy atom. The van der Waals surface area contributed by atoms with Gasteiger partial charge in [-0.3, -0.25) is 29.2 Å². The fourth-order valence-corrected chi connectivity index (χ4v) is 10.4. The molecular weight excluding hydrogens is 802 g/mol. The number of imide groups is 1. The molecule has 18 heteroatoms. The molecule has 0 aliphatic carbocycles. The number of amides is 3. The lowest BCUT2D eigenvalue weighted by molar-refractivity contribution is -0.136. The van der Waals surface area contributed by atoms with Crippen LogP contribution in [-0.4, -0.2) is 103 Å². The zero-order chi connectivity index (χ0) is 41.7. The molecule has 3 amide bonds. The van der Waals surface area contributed by atoms with Crippen LogP contribution >= 0.6 is 0 Å². The molecule has 0 radical (unpaired) electrons. The third-order valence-electron chi connectivity index (χ3n) is 12.3. The highest BCUT2D eigenvalue weighted by atomic mass is 32.2. The van der Waals surface area contributed by atoms with Crippen molar-refractivity contribution >= 4 is 61.8 Å². The number of anilines is 3. The number of piperidine rings is 1. The van der Waals surface area contributed by atoms with E-state index in [0.717, 1.165) is 65.1 Å². The molecule has 308 valence electrons. The van der Waals surface area contributed by atoms with Gasteiger partial charge in [0, 0.05) is 103 Å². The van der Waals surface area contributed by atoms with Gasteiger partial charge >= 0.3 is 10.2 Å². The monoisotopic (exact) mass is 838 g/mol. The first kappa shape index (κ1) is 38.0. The number of aromatic nitrogens is 2. The number of halogens is 3. The second kappa shape index (κ2) is 13.9. The summed E-state index contributed by atoms with van der Waals surface area (Å²) in [4.78, 5) is 64.3. The van der Waals surface area contributed by atoms with Crippen LogP contribution < -0.4 is 19.8 Å². The van der Waals surface area contributed by atoms with Gasteiger partial charge < -0.3 is 19.7 Å². The van der Waals surface area contributed by atoms with E-state index in [4.69, 9.17) is 0 Å². The van der Waals surface area contributed by atoms with Crippen molar-refractivity contribution in [3.63, 3.8) is 0 Å². The van der Waals surface area contributed by atoms with E-state index in [1.54, 1.807) is 17.2 Å². The summed E-state index contributed by atoms with van der Waals surface area (Å²) in [6, 6.07) is 16.4. The summed E-state index contributed by atoms with van der Waals surface area (Å²) in [7, 11) is -4.36. The van der Waals surface area contributed by atoms with Gasteiger partial charge in [0.2, 0.25) is 17.6 Å². The summed E-state index contributed by atoms with van der Waals surface area (Å²) in [5.74, 6) is -4.52. The van der Waals surface area contributed by atoms with Gasteiger partial charge in [0.1, 0.15) is 23.7 Å². The molecule has 0 saturated carbocycles. The Bertz CT molecular complexity index is 2770. The number of rotatable bonds is 9. The minimum atomic E-state index is -4.36. The molecule has 7 heterocycles. The number of nitrogens with zero attached hydrogens (tertiary/aromatic N) is 5. The largest absolute Gasteiger partial charge is 0.370 e. The van der Waals surface area contributed by atoms with Gasteiger partial charge in [-0.1, -0.05) is 12.1 Å². The number of alkyl halides is 1. The van der Waals surface area contributed by atoms with Gasteiger partial charge in [0.15, 0.2) is 5.82 Å². The van der Waals surface area contributed by atoms with Crippen LogP contribution in [0.25, 0.3) is 22.2 Å². The molecule has 1 spiro atoms. The lowest BCUT2D eigenvalue weighted by Gasteiger charge is -2.61. The molecule has 14 nitrogen and oxygen atoms in total. The fourth-order valence-electron chi connectivity index (χ4n) is 9.15. The van der Waals surface area contributed by atoms with Crippen molar-refractivity contribution in [2.75, 3.05) is 53.8 Å². The smallest absolute Gasteiger partial charge is 0.301 e. The van der Waals surface area contributed by atoms with Gasteiger partial charge in [0.25, 0.3) is 5.91 Å². The number of aromatic amines is 1. The Kier molecular flexibility index (Phi) is 8.80. The van der Waals surface area contributed by atoms with Crippen LogP contribution in [-0.2, 0) is 26.3 Å². The average molecular weight is 839 g/mol. The van der Waals surface area contributed by atoms with Crippen molar-refractivity contribution in [2.24, 2.45) is 5.41 Å². The molecule has 10 rings (SSSR count). The van der Waals surface area contributed by atoms with Crippen LogP contribution in [0.1, 0.15) is 51.1 Å². The molecule has 4 fully saturated rings. The normalized spacial score (nSPS) is 21.3. The maximum Gasteiger partial charge on any atom is 0.301 e. The maximum absolute atomic E-state index is 15.7. The molecule has 5 aliphatic heterocycles. The predicted octanol–water partition coefficient (Wildman–Crippen LogP) is 4.53. The summed E-state index contributed by atoms with van der Waals surface area (Å²) < 4.78 is 72.9. The standard InChI is InChI=1S/C42H37F3N8O6S/c43-26-11-12-52(18-26)60(58,59)49-33-8-7-32(44)36(37(33)45)38(55)31-16-47-39-30(31)14-24(15-46-39)23-1-3-27(4-2-23)50-19-42(20-50)21-51(22-42)28-5-6-29-25(13-28)17-53(41(29)57)34-9-10-35(54)48-40(34)56/h1-8,13-16,26,34,49H,9-12,17-22H2,(H,46,47)(H,48,54,56)/t26-,34?/m1/s1. The number of carbonyl (C=O) groups is 4. The Labute approximate surface area is 341 Å². The lowest BCUT2D eigenvalue weighted by atomic mass is 9.72. The molecular formula is C42H37F3N8O6S. The van der Waals surface area contributed by atoms with E-state index in [9.17, 15) is 32.0 Å². The van der Waals surface area contributed by atoms with E-state index >= 15 is 8.78 Å². The van der Waals surface area contributed by atoms with Crippen molar-refractivity contribution in [3.8, 4) is 11.1 Å². The number of fused-ring (bicyclic) bond motifs is 2. The zero-order valence-electron chi connectivity index (χ0n) is 31.9. The maximum atomic E-state index is 15.7. The molecule has 1 unspecified atom stereocenters. The van der Waals surface area contributed by atoms with Crippen molar-refractivity contribution in [2.45, 2.75) is 38.0 Å². The minimum absolute atomic E-state index is 0.000921. The van der Waals surface area contributed by atoms with Gasteiger partial charge in [-0.15, -0.1) is 0 Å². The summed E-state index contributed by atoms with van der Waals surface area (Å²) in [6.07, 6.45) is 2.11. The third-order valence-corrected chi connectivity index (χ3v) is 13.8. The number of carbonyl (C=O) groups excluding carboxylic acids is 4. The van der Waals surface area contributed by atoms with E-state index < -0.39 is 63.5 Å². The number of nitrogens with one attached hydrogen (secondary N) is 3. The van der Waals surface area contributed by atoms with E-state index in [1.165, 1.54) is 6.20 Å². The summed E-state index contributed by atoms with van der Waals surface area (Å²) in [5.41, 5.74) is 3.80. The summed E-state index contributed by atoms with van der Waals surface area (Å²) >= 11 is 0. The fraction of sp³-hybridized carbons (Fsp3) is 0.310. The number of benzene rings is 3. The van der Waals surface area contributed by atoms with E-state index in [1.807, 2.05) is 47.2 Å². The number of hydrogen-bond acceptors (Lipinski definition) is 9. The molecule has 2 aromatic heterocycles. The Hall–Kier alpha value is -6.27. The first-order valence-electron chi connectivity index (χ1n) is 19.6. The number of hydrogen-bond donors (Lipinski definition) is 3. The topological polar surface area (TPSA) is 168 Å². The number of pyridine rings is 1. The Morgan fingerprint density at radius 2 is 1.63 bits per heavy atom. The summed E-state index contributed by atoms with van der Waals surface area (Å²) in [5, 5.41) is 2.66. The van der Waals surface area contributed by atoms with Crippen LogP contribution in [0.4, 0.5) is 30.2 Å². The number of H-pyrrole nitrogens is 1. The molecule has 5 aromatic rings. The van der Waals surface area contributed by atoms with Crippen molar-refractivity contribution < 1.29 is 40.8 Å². The average Bonchev–Trinajstić information content (AvgIpc) is 3.92. The third kappa shape index (κ3) is 6.36. The van der Waals surface area contributed by atoms with Crippen LogP contribution in [0.3, 0.4) is 0 Å². The lowest BCUT2D eigenvalue weighted by Crippen LogP contribution is -2.72. The van der Waals surface area contributed by atoms with E-state index in [0.29, 0.717) is 35.1 Å². The highest BCUT2D eigenvalue weighted by Crippen LogP contribution is 2.45. The van der Waals surface area contributed by atoms with Crippen LogP contribution in [0.15, 0.2) is 73.1 Å². The van der Waals surface area contributed by atoms with Gasteiger partial charge in [-0.25, -0.2) is 18.2 Å². The van der Waals surface area contributed by atoms with E-state index in [-0.39, 0.29) is 42.2 Å². The SMILES string of the molecule is O=C1CCC(N2Cc3cc(N4CC5(CN(c6ccc(-c7cnc8[nH]cc(C(=O)c9c(F)ccc(NS(=O)(=O)N%10CC[C@@H](F)C%10)c9F)c8c7)cc6)C5)C4)ccc3C2=O)C(=O)N1. The number of ketones is 1. The summed E-state index contributed by atoms with van der Waals surface area (Å²) in [6.45, 7) is 3.30.